The Labute approximate surface area is 251 Å². The second kappa shape index (κ2) is 10.2. The quantitative estimate of drug-likeness (QED) is 0.323. The molecular weight excluding hydrogens is 568 g/mol. The molecule has 0 bridgehead atoms. The number of alkyl halides is 1. The fourth-order valence-corrected chi connectivity index (χ4v) is 7.25. The summed E-state index contributed by atoms with van der Waals surface area (Å²) in [5.41, 5.74) is -0.422. The van der Waals surface area contributed by atoms with Crippen LogP contribution in [-0.4, -0.2) is 64.0 Å². The minimum absolute atomic E-state index is 0.0111. The van der Waals surface area contributed by atoms with Crippen molar-refractivity contribution in [3.05, 3.63) is 51.6 Å². The Bertz CT molecular complexity index is 2000. The van der Waals surface area contributed by atoms with Crippen LogP contribution in [0.25, 0.3) is 33.0 Å². The number of phenols is 1. The van der Waals surface area contributed by atoms with Crippen molar-refractivity contribution in [1.29, 1.82) is 5.26 Å². The molecule has 44 heavy (non-hydrogen) atoms. The first-order valence-electron chi connectivity index (χ1n) is 14.6. The zero-order chi connectivity index (χ0) is 30.9. The molecule has 5 heterocycles. The van der Waals surface area contributed by atoms with Gasteiger partial charge in [-0.05, 0) is 49.9 Å². The summed E-state index contributed by atoms with van der Waals surface area (Å²) >= 11 is 0. The molecule has 3 fully saturated rings. The maximum absolute atomic E-state index is 14.8. The van der Waals surface area contributed by atoms with Gasteiger partial charge in [0.1, 0.15) is 41.5 Å². The summed E-state index contributed by atoms with van der Waals surface area (Å²) < 4.78 is 41.3. The first-order chi connectivity index (χ1) is 21.1. The molecule has 2 aromatic carbocycles. The maximum atomic E-state index is 14.8. The fourth-order valence-electron chi connectivity index (χ4n) is 7.25. The Morgan fingerprint density at radius 2 is 2.09 bits per heavy atom. The van der Waals surface area contributed by atoms with E-state index in [0.29, 0.717) is 35.8 Å². The maximum Gasteiger partial charge on any atom is 0.349 e. The van der Waals surface area contributed by atoms with Crippen molar-refractivity contribution in [1.82, 2.24) is 14.9 Å². The van der Waals surface area contributed by atoms with Crippen molar-refractivity contribution in [2.45, 2.75) is 50.9 Å². The first kappa shape index (κ1) is 28.1. The van der Waals surface area contributed by atoms with Gasteiger partial charge in [-0.2, -0.15) is 15.2 Å². The topological polar surface area (TPSA) is 116 Å². The van der Waals surface area contributed by atoms with Gasteiger partial charge in [-0.15, -0.1) is 6.42 Å². The zero-order valence-electron chi connectivity index (χ0n) is 24.2. The van der Waals surface area contributed by atoms with Crippen molar-refractivity contribution in [2.75, 3.05) is 31.1 Å². The molecule has 0 aliphatic carbocycles. The van der Waals surface area contributed by atoms with Crippen LogP contribution in [0.15, 0.2) is 33.5 Å². The molecule has 0 unspecified atom stereocenters. The molecule has 3 aliphatic rings. The first-order valence-corrected chi connectivity index (χ1v) is 14.6. The minimum Gasteiger partial charge on any atom is -0.508 e. The van der Waals surface area contributed by atoms with Gasteiger partial charge in [-0.25, -0.2) is 13.6 Å². The number of benzene rings is 2. The predicted molar refractivity (Wildman–Crippen MR) is 160 cm³/mol. The second-order valence-corrected chi connectivity index (χ2v) is 12.1. The van der Waals surface area contributed by atoms with E-state index in [4.69, 9.17) is 15.6 Å². The number of fused-ring (bicyclic) bond motifs is 3. The number of aryl methyl sites for hydroxylation is 1. The average Bonchev–Trinajstić information content (AvgIpc) is 3.51. The van der Waals surface area contributed by atoms with Gasteiger partial charge in [0.25, 0.3) is 0 Å². The number of rotatable bonds is 5. The monoisotopic (exact) mass is 597 g/mol. The number of hydrogen-bond acceptors (Lipinski definition) is 9. The van der Waals surface area contributed by atoms with Gasteiger partial charge >= 0.3 is 11.6 Å². The number of terminal acetylenes is 1. The van der Waals surface area contributed by atoms with Crippen LogP contribution in [0.1, 0.15) is 37.3 Å². The lowest BCUT2D eigenvalue weighted by Gasteiger charge is -2.43. The number of ether oxygens (including phenoxy) is 1. The molecule has 0 spiro atoms. The van der Waals surface area contributed by atoms with E-state index in [0.717, 1.165) is 19.4 Å². The summed E-state index contributed by atoms with van der Waals surface area (Å²) in [6.07, 6.45) is 6.84. The molecule has 9 nitrogen and oxygen atoms in total. The van der Waals surface area contributed by atoms with E-state index in [2.05, 4.69) is 26.9 Å². The summed E-state index contributed by atoms with van der Waals surface area (Å²) in [4.78, 5) is 26.9. The van der Waals surface area contributed by atoms with Gasteiger partial charge in [0.15, 0.2) is 5.82 Å². The summed E-state index contributed by atoms with van der Waals surface area (Å²) in [5.74, 6) is 1.92. The Balaban J connectivity index is 1.43. The highest BCUT2D eigenvalue weighted by Gasteiger charge is 2.49. The smallest absolute Gasteiger partial charge is 0.349 e. The van der Waals surface area contributed by atoms with Crippen LogP contribution in [0.5, 0.6) is 11.8 Å². The third kappa shape index (κ3) is 4.18. The van der Waals surface area contributed by atoms with E-state index >= 15 is 0 Å². The van der Waals surface area contributed by atoms with Gasteiger partial charge < -0.3 is 19.2 Å². The van der Waals surface area contributed by atoms with Gasteiger partial charge in [-0.3, -0.25) is 4.90 Å². The van der Waals surface area contributed by atoms with Crippen LogP contribution in [0.2, 0.25) is 0 Å². The molecule has 2 aromatic heterocycles. The van der Waals surface area contributed by atoms with Crippen LogP contribution in [0.4, 0.5) is 14.6 Å². The van der Waals surface area contributed by atoms with Crippen molar-refractivity contribution >= 4 is 27.5 Å². The lowest BCUT2D eigenvalue weighted by molar-refractivity contribution is 0.107. The van der Waals surface area contributed by atoms with Gasteiger partial charge in [0.2, 0.25) is 0 Å². The number of nitriles is 1. The largest absolute Gasteiger partial charge is 0.508 e. The van der Waals surface area contributed by atoms with E-state index in [-0.39, 0.29) is 57.9 Å². The number of anilines is 1. The van der Waals surface area contributed by atoms with Crippen LogP contribution < -0.4 is 15.3 Å². The van der Waals surface area contributed by atoms with Crippen molar-refractivity contribution in [3.8, 4) is 41.5 Å². The van der Waals surface area contributed by atoms with Crippen LogP contribution in [0, 0.1) is 42.3 Å². The van der Waals surface area contributed by atoms with E-state index in [1.165, 1.54) is 24.3 Å². The van der Waals surface area contributed by atoms with E-state index < -0.39 is 29.2 Å². The van der Waals surface area contributed by atoms with E-state index in [1.54, 1.807) is 11.8 Å². The predicted octanol–water partition coefficient (Wildman–Crippen LogP) is 4.84. The number of nitrogens with zero attached hydrogens (tertiary/aromatic N) is 5. The van der Waals surface area contributed by atoms with E-state index in [9.17, 15) is 23.9 Å². The Kier molecular flexibility index (Phi) is 6.49. The molecule has 0 saturated carbocycles. The van der Waals surface area contributed by atoms with Gasteiger partial charge in [-0.1, -0.05) is 18.9 Å². The fraction of sp³-hybridized carbons (Fsp3) is 0.394. The Morgan fingerprint density at radius 3 is 2.84 bits per heavy atom. The van der Waals surface area contributed by atoms with Crippen molar-refractivity contribution in [2.24, 2.45) is 5.92 Å². The zero-order valence-corrected chi connectivity index (χ0v) is 24.2. The highest BCUT2D eigenvalue weighted by atomic mass is 19.1. The average molecular weight is 598 g/mol. The standard InChI is InChI=1S/C33H29F2N5O4/c1-4-22-24(35)7-6-19-10-21(41)11-23(26(19)22)29-18(3)28-27(31(42)44-29)30(40-14-17(2)25(40)13-36)38-32(37-28)43-16-33-8-5-9-39(33)15-20(34)12-33/h1,6-7,10-11,17,20,25,41H,5,8-9,12,14-16H2,2-3H3/t17-,20+,25+,33-/m0/s1. The number of halogens is 2. The van der Waals surface area contributed by atoms with E-state index in [1.807, 2.05) is 6.92 Å². The second-order valence-electron chi connectivity index (χ2n) is 12.1. The number of aromatic hydroxyl groups is 1. The molecule has 11 heteroatoms. The molecule has 4 aromatic rings. The van der Waals surface area contributed by atoms with Gasteiger partial charge in [0.05, 0.1) is 22.7 Å². The molecule has 1 N–H and O–H groups in total. The molecule has 7 rings (SSSR count). The van der Waals surface area contributed by atoms with Gasteiger partial charge in [0, 0.05) is 41.9 Å². The molecule has 0 radical (unpaired) electrons. The molecular formula is C33H29F2N5O4. The highest BCUT2D eigenvalue weighted by molar-refractivity contribution is 6.03. The summed E-state index contributed by atoms with van der Waals surface area (Å²) in [5, 5.41) is 21.2. The normalized spacial score (nSPS) is 24.7. The third-order valence-electron chi connectivity index (χ3n) is 9.40. The Morgan fingerprint density at radius 1 is 1.27 bits per heavy atom. The minimum atomic E-state index is -0.935. The lowest BCUT2D eigenvalue weighted by Crippen LogP contribution is -2.55. The molecule has 4 atom stereocenters. The van der Waals surface area contributed by atoms with Crippen molar-refractivity contribution < 1.29 is 23.0 Å². The summed E-state index contributed by atoms with van der Waals surface area (Å²) in [6, 6.07) is 7.25. The van der Waals surface area contributed by atoms with Crippen LogP contribution >= 0.6 is 0 Å². The van der Waals surface area contributed by atoms with Crippen molar-refractivity contribution in [3.63, 3.8) is 0 Å². The molecule has 3 aliphatic heterocycles. The number of aromatic nitrogens is 2. The van der Waals surface area contributed by atoms with Crippen LogP contribution in [0.3, 0.4) is 0 Å². The molecule has 224 valence electrons. The third-order valence-corrected chi connectivity index (χ3v) is 9.40. The summed E-state index contributed by atoms with van der Waals surface area (Å²) in [6.45, 7) is 5.44. The lowest BCUT2D eigenvalue weighted by atomic mass is 9.91. The highest BCUT2D eigenvalue weighted by Crippen LogP contribution is 2.42. The number of hydrogen-bond donors (Lipinski definition) is 1. The SMILES string of the molecule is C#Cc1c(F)ccc2cc(O)cc(-c3oc(=O)c4c(N5C[C@H](C)[C@H]5C#N)nc(OC[C@@]56CCCN5C[C@H](F)C6)nc4c3C)c12. The van der Waals surface area contributed by atoms with Crippen LogP contribution in [-0.2, 0) is 0 Å². The number of phenolic OH excluding ortho intramolecular Hbond substituents is 1. The molecule has 0 amide bonds. The molecule has 3 saturated heterocycles. The summed E-state index contributed by atoms with van der Waals surface area (Å²) in [7, 11) is 0. The Hall–Kier alpha value is -4.74.